The number of nitrogens with one attached hydrogen (secondary N) is 1. The predicted molar refractivity (Wildman–Crippen MR) is 118 cm³/mol. The van der Waals surface area contributed by atoms with Crippen LogP contribution in [-0.2, 0) is 11.2 Å². The standard InChI is InChI=1S/C22H38N4O3/c1-6-23-22(24-16-18(2)17-26-11-13-29-14-12-26)25(3)10-9-19-7-8-20(27-4)21(15-19)28-5/h7-8,15,18H,6,9-14,16-17H2,1-5H3,(H,23,24). The van der Waals surface area contributed by atoms with E-state index in [1.54, 1.807) is 14.2 Å². The molecule has 1 aromatic carbocycles. The van der Waals surface area contributed by atoms with Crippen LogP contribution in [0, 0.1) is 5.92 Å². The van der Waals surface area contributed by atoms with Gasteiger partial charge in [-0.1, -0.05) is 13.0 Å². The van der Waals surface area contributed by atoms with E-state index in [1.807, 2.05) is 12.1 Å². The third kappa shape index (κ3) is 7.74. The highest BCUT2D eigenvalue weighted by Gasteiger charge is 2.14. The fourth-order valence-corrected chi connectivity index (χ4v) is 3.43. The van der Waals surface area contributed by atoms with Gasteiger partial charge in [-0.15, -0.1) is 0 Å². The molecule has 1 fully saturated rings. The highest BCUT2D eigenvalue weighted by atomic mass is 16.5. The molecule has 0 saturated carbocycles. The molecule has 1 atom stereocenters. The minimum absolute atomic E-state index is 0.515. The van der Waals surface area contributed by atoms with Crippen LogP contribution < -0.4 is 14.8 Å². The van der Waals surface area contributed by atoms with E-state index < -0.39 is 0 Å². The third-order valence-corrected chi connectivity index (χ3v) is 5.11. The van der Waals surface area contributed by atoms with E-state index in [9.17, 15) is 0 Å². The van der Waals surface area contributed by atoms with Crippen molar-refractivity contribution in [2.75, 3.05) is 73.7 Å². The Morgan fingerprint density at radius 1 is 1.24 bits per heavy atom. The average molecular weight is 407 g/mol. The summed E-state index contributed by atoms with van der Waals surface area (Å²) in [7, 11) is 5.42. The fraction of sp³-hybridized carbons (Fsp3) is 0.682. The van der Waals surface area contributed by atoms with Crippen LogP contribution in [0.5, 0.6) is 11.5 Å². The number of ether oxygens (including phenoxy) is 3. The van der Waals surface area contributed by atoms with Crippen molar-refractivity contribution in [3.8, 4) is 11.5 Å². The van der Waals surface area contributed by atoms with Crippen molar-refractivity contribution < 1.29 is 14.2 Å². The highest BCUT2D eigenvalue weighted by Crippen LogP contribution is 2.27. The van der Waals surface area contributed by atoms with Crippen molar-refractivity contribution in [1.29, 1.82) is 0 Å². The van der Waals surface area contributed by atoms with Crippen molar-refractivity contribution in [1.82, 2.24) is 15.1 Å². The van der Waals surface area contributed by atoms with Crippen molar-refractivity contribution in [3.05, 3.63) is 23.8 Å². The first kappa shape index (κ1) is 23.3. The number of morpholine rings is 1. The second kappa shape index (κ2) is 12.5. The number of methoxy groups -OCH3 is 2. The lowest BCUT2D eigenvalue weighted by Crippen LogP contribution is -2.41. The first-order chi connectivity index (χ1) is 14.1. The van der Waals surface area contributed by atoms with Crippen molar-refractivity contribution in [2.45, 2.75) is 20.3 Å². The van der Waals surface area contributed by atoms with E-state index in [1.165, 1.54) is 5.56 Å². The van der Waals surface area contributed by atoms with Gasteiger partial charge in [-0.3, -0.25) is 9.89 Å². The number of likely N-dealkylation sites (N-methyl/N-ethyl adjacent to an activating group) is 1. The maximum atomic E-state index is 5.43. The zero-order valence-electron chi connectivity index (χ0n) is 18.7. The maximum absolute atomic E-state index is 5.43. The fourth-order valence-electron chi connectivity index (χ4n) is 3.43. The van der Waals surface area contributed by atoms with Crippen LogP contribution in [0.2, 0.25) is 0 Å². The lowest BCUT2D eigenvalue weighted by Gasteiger charge is -2.29. The van der Waals surface area contributed by atoms with Gasteiger partial charge < -0.3 is 24.4 Å². The zero-order valence-corrected chi connectivity index (χ0v) is 18.7. The molecule has 1 aliphatic heterocycles. The van der Waals surface area contributed by atoms with Gasteiger partial charge in [0.15, 0.2) is 17.5 Å². The van der Waals surface area contributed by atoms with Crippen molar-refractivity contribution in [3.63, 3.8) is 0 Å². The molecule has 1 unspecified atom stereocenters. The van der Waals surface area contributed by atoms with Crippen molar-refractivity contribution in [2.24, 2.45) is 10.9 Å². The van der Waals surface area contributed by atoms with E-state index in [-0.39, 0.29) is 0 Å². The van der Waals surface area contributed by atoms with Crippen LogP contribution in [0.25, 0.3) is 0 Å². The predicted octanol–water partition coefficient (Wildman–Crippen LogP) is 2.11. The second-order valence-corrected chi connectivity index (χ2v) is 7.57. The average Bonchev–Trinajstić information content (AvgIpc) is 2.75. The lowest BCUT2D eigenvalue weighted by atomic mass is 10.1. The van der Waals surface area contributed by atoms with Crippen LogP contribution >= 0.6 is 0 Å². The maximum Gasteiger partial charge on any atom is 0.193 e. The zero-order chi connectivity index (χ0) is 21.1. The molecule has 7 nitrogen and oxygen atoms in total. The molecule has 0 radical (unpaired) electrons. The quantitative estimate of drug-likeness (QED) is 0.474. The Hall–Kier alpha value is -1.99. The second-order valence-electron chi connectivity index (χ2n) is 7.57. The minimum atomic E-state index is 0.515. The summed E-state index contributed by atoms with van der Waals surface area (Å²) in [4.78, 5) is 9.55. The Kier molecular flexibility index (Phi) is 10.1. The topological polar surface area (TPSA) is 58.6 Å². The Bertz CT molecular complexity index is 632. The molecular formula is C22H38N4O3. The number of benzene rings is 1. The van der Waals surface area contributed by atoms with Gasteiger partial charge in [0.1, 0.15) is 0 Å². The van der Waals surface area contributed by atoms with E-state index in [0.29, 0.717) is 5.92 Å². The molecule has 1 N–H and O–H groups in total. The molecule has 0 bridgehead atoms. The number of hydrogen-bond donors (Lipinski definition) is 1. The van der Waals surface area contributed by atoms with E-state index in [4.69, 9.17) is 19.2 Å². The summed E-state index contributed by atoms with van der Waals surface area (Å²) < 4.78 is 16.2. The van der Waals surface area contributed by atoms with Crippen LogP contribution in [0.4, 0.5) is 0 Å². The number of hydrogen-bond acceptors (Lipinski definition) is 5. The SMILES string of the molecule is CCNC(=NCC(C)CN1CCOCC1)N(C)CCc1ccc(OC)c(OC)c1. The molecule has 7 heteroatoms. The smallest absolute Gasteiger partial charge is 0.193 e. The van der Waals surface area contributed by atoms with E-state index >= 15 is 0 Å². The first-order valence-corrected chi connectivity index (χ1v) is 10.6. The van der Waals surface area contributed by atoms with Gasteiger partial charge in [-0.25, -0.2) is 0 Å². The largest absolute Gasteiger partial charge is 0.493 e. The number of guanidine groups is 1. The van der Waals surface area contributed by atoms with E-state index in [0.717, 1.165) is 76.4 Å². The summed E-state index contributed by atoms with van der Waals surface area (Å²) >= 11 is 0. The highest BCUT2D eigenvalue weighted by molar-refractivity contribution is 5.79. The normalized spacial score (nSPS) is 16.4. The summed E-state index contributed by atoms with van der Waals surface area (Å²) in [6.45, 7) is 11.7. The number of rotatable bonds is 10. The third-order valence-electron chi connectivity index (χ3n) is 5.11. The van der Waals surface area contributed by atoms with Gasteiger partial charge in [0, 0.05) is 46.3 Å². The lowest BCUT2D eigenvalue weighted by molar-refractivity contribution is 0.0323. The molecule has 2 rings (SSSR count). The Balaban J connectivity index is 1.88. The molecule has 0 amide bonds. The van der Waals surface area contributed by atoms with Crippen LogP contribution in [0.1, 0.15) is 19.4 Å². The Morgan fingerprint density at radius 3 is 2.62 bits per heavy atom. The van der Waals surface area contributed by atoms with Crippen LogP contribution in [-0.4, -0.2) is 89.5 Å². The summed E-state index contributed by atoms with van der Waals surface area (Å²) in [6.07, 6.45) is 0.907. The molecule has 1 saturated heterocycles. The molecule has 1 heterocycles. The first-order valence-electron chi connectivity index (χ1n) is 10.6. The molecular weight excluding hydrogens is 368 g/mol. The Labute approximate surface area is 176 Å². The van der Waals surface area contributed by atoms with Gasteiger partial charge in [0.25, 0.3) is 0 Å². The number of nitrogens with zero attached hydrogens (tertiary/aromatic N) is 3. The molecule has 1 aromatic rings. The molecule has 0 spiro atoms. The molecule has 0 aromatic heterocycles. The summed E-state index contributed by atoms with van der Waals surface area (Å²) in [5, 5.41) is 3.42. The summed E-state index contributed by atoms with van der Waals surface area (Å²) in [6, 6.07) is 6.09. The molecule has 0 aliphatic carbocycles. The number of aliphatic imine (C=N–C) groups is 1. The van der Waals surface area contributed by atoms with Crippen LogP contribution in [0.3, 0.4) is 0 Å². The summed E-state index contributed by atoms with van der Waals surface area (Å²) in [5.41, 5.74) is 1.21. The van der Waals surface area contributed by atoms with Gasteiger partial charge in [0.2, 0.25) is 0 Å². The van der Waals surface area contributed by atoms with Gasteiger partial charge in [-0.05, 0) is 37.0 Å². The van der Waals surface area contributed by atoms with Crippen LogP contribution in [0.15, 0.2) is 23.2 Å². The van der Waals surface area contributed by atoms with Crippen molar-refractivity contribution >= 4 is 5.96 Å². The monoisotopic (exact) mass is 406 g/mol. The molecule has 29 heavy (non-hydrogen) atoms. The van der Waals surface area contributed by atoms with E-state index in [2.05, 4.69) is 42.1 Å². The van der Waals surface area contributed by atoms with Gasteiger partial charge >= 0.3 is 0 Å². The molecule has 164 valence electrons. The van der Waals surface area contributed by atoms with Gasteiger partial charge in [-0.2, -0.15) is 0 Å². The Morgan fingerprint density at radius 2 is 1.97 bits per heavy atom. The molecule has 1 aliphatic rings. The minimum Gasteiger partial charge on any atom is -0.493 e. The van der Waals surface area contributed by atoms with Gasteiger partial charge in [0.05, 0.1) is 27.4 Å². The summed E-state index contributed by atoms with van der Waals surface area (Å²) in [5.74, 6) is 3.00.